The van der Waals surface area contributed by atoms with Crippen LogP contribution in [0, 0.1) is 0 Å². The fraction of sp³-hybridized carbons (Fsp3) is 0.100. The minimum Gasteiger partial charge on any atom is -0.445 e. The maximum atomic E-state index is 12.2. The van der Waals surface area contributed by atoms with Gasteiger partial charge >= 0.3 is 6.09 Å². The third kappa shape index (κ3) is 5.64. The lowest BCUT2D eigenvalue weighted by Gasteiger charge is -2.08. The predicted octanol–water partition coefficient (Wildman–Crippen LogP) is 3.16. The van der Waals surface area contributed by atoms with Gasteiger partial charge in [0.1, 0.15) is 12.4 Å². The van der Waals surface area contributed by atoms with E-state index in [1.807, 2.05) is 6.07 Å². The van der Waals surface area contributed by atoms with Crippen LogP contribution in [0.2, 0.25) is 0 Å². The lowest BCUT2D eigenvalue weighted by molar-refractivity contribution is 0.102. The minimum absolute atomic E-state index is 0.159. The van der Waals surface area contributed by atoms with Crippen LogP contribution in [0.1, 0.15) is 21.5 Å². The van der Waals surface area contributed by atoms with Crippen molar-refractivity contribution in [2.24, 2.45) is 0 Å². The second-order valence-corrected chi connectivity index (χ2v) is 5.66. The van der Waals surface area contributed by atoms with Crippen molar-refractivity contribution in [1.82, 2.24) is 15.3 Å². The normalized spacial score (nSPS) is 10.1. The number of ether oxygens (including phenoxy) is 1. The van der Waals surface area contributed by atoms with Gasteiger partial charge in [-0.25, -0.2) is 9.78 Å². The summed E-state index contributed by atoms with van der Waals surface area (Å²) in [6.07, 6.45) is 4.39. The highest BCUT2D eigenvalue weighted by Crippen LogP contribution is 2.08. The Morgan fingerprint density at radius 2 is 1.78 bits per heavy atom. The zero-order chi connectivity index (χ0) is 18.9. The third-order valence-corrected chi connectivity index (χ3v) is 3.65. The Labute approximate surface area is 156 Å². The number of benzene rings is 1. The van der Waals surface area contributed by atoms with Crippen LogP contribution in [0.4, 0.5) is 10.6 Å². The van der Waals surface area contributed by atoms with Crippen molar-refractivity contribution in [3.8, 4) is 0 Å². The molecule has 0 unspecified atom stereocenters. The molecule has 0 saturated heterocycles. The third-order valence-electron chi connectivity index (χ3n) is 3.65. The van der Waals surface area contributed by atoms with E-state index in [9.17, 15) is 9.59 Å². The molecule has 3 aromatic rings. The van der Waals surface area contributed by atoms with E-state index in [1.165, 1.54) is 0 Å². The number of pyridine rings is 2. The number of nitrogens with one attached hydrogen (secondary N) is 2. The number of anilines is 1. The molecule has 7 nitrogen and oxygen atoms in total. The first-order valence-corrected chi connectivity index (χ1v) is 8.31. The maximum absolute atomic E-state index is 12.2. The molecule has 0 radical (unpaired) electrons. The van der Waals surface area contributed by atoms with E-state index >= 15 is 0 Å². The van der Waals surface area contributed by atoms with Gasteiger partial charge in [0.05, 0.1) is 0 Å². The Morgan fingerprint density at radius 1 is 0.926 bits per heavy atom. The molecule has 27 heavy (non-hydrogen) atoms. The molecule has 0 aliphatic rings. The average Bonchev–Trinajstić information content (AvgIpc) is 2.72. The molecule has 2 amide bonds. The molecular weight excluding hydrogens is 344 g/mol. The van der Waals surface area contributed by atoms with Gasteiger partial charge in [-0.05, 0) is 35.9 Å². The molecule has 0 aliphatic carbocycles. The Balaban J connectivity index is 1.46. The largest absolute Gasteiger partial charge is 0.445 e. The number of rotatable bonds is 6. The van der Waals surface area contributed by atoms with Crippen molar-refractivity contribution >= 4 is 17.8 Å². The molecule has 0 saturated carbocycles. The molecule has 2 N–H and O–H groups in total. The summed E-state index contributed by atoms with van der Waals surface area (Å²) in [7, 11) is 0. The summed E-state index contributed by atoms with van der Waals surface area (Å²) in [6, 6.07) is 15.8. The molecule has 7 heteroatoms. The van der Waals surface area contributed by atoms with E-state index in [0.717, 1.165) is 11.1 Å². The Kier molecular flexibility index (Phi) is 6.08. The van der Waals surface area contributed by atoms with Crippen molar-refractivity contribution < 1.29 is 14.3 Å². The number of hydrogen-bond acceptors (Lipinski definition) is 5. The Hall–Kier alpha value is -3.74. The lowest BCUT2D eigenvalue weighted by Crippen LogP contribution is -2.23. The number of alkyl carbamates (subject to hydrolysis) is 1. The van der Waals surface area contributed by atoms with E-state index in [0.29, 0.717) is 17.9 Å². The van der Waals surface area contributed by atoms with Gasteiger partial charge in [-0.3, -0.25) is 9.78 Å². The Bertz CT molecular complexity index is 884. The Morgan fingerprint density at radius 3 is 2.48 bits per heavy atom. The van der Waals surface area contributed by atoms with Crippen molar-refractivity contribution in [2.75, 3.05) is 5.32 Å². The van der Waals surface area contributed by atoms with Gasteiger partial charge in [-0.2, -0.15) is 0 Å². The summed E-state index contributed by atoms with van der Waals surface area (Å²) in [5.41, 5.74) is 2.17. The van der Waals surface area contributed by atoms with Gasteiger partial charge in [0, 0.05) is 36.3 Å². The van der Waals surface area contributed by atoms with E-state index in [-0.39, 0.29) is 12.5 Å². The topological polar surface area (TPSA) is 93.2 Å². The summed E-state index contributed by atoms with van der Waals surface area (Å²) in [5.74, 6) is 0.244. The zero-order valence-electron chi connectivity index (χ0n) is 14.5. The second-order valence-electron chi connectivity index (χ2n) is 5.66. The summed E-state index contributed by atoms with van der Waals surface area (Å²) in [5, 5.41) is 5.38. The number of amides is 2. The first-order valence-electron chi connectivity index (χ1n) is 8.31. The van der Waals surface area contributed by atoms with Crippen molar-refractivity contribution in [2.45, 2.75) is 13.2 Å². The van der Waals surface area contributed by atoms with Gasteiger partial charge in [-0.1, -0.05) is 24.3 Å². The molecule has 2 aromatic heterocycles. The molecule has 1 aromatic carbocycles. The van der Waals surface area contributed by atoms with Crippen molar-refractivity contribution in [3.05, 3.63) is 89.9 Å². The van der Waals surface area contributed by atoms with E-state index in [4.69, 9.17) is 4.74 Å². The summed E-state index contributed by atoms with van der Waals surface area (Å²) >= 11 is 0. The van der Waals surface area contributed by atoms with Crippen LogP contribution in [0.3, 0.4) is 0 Å². The highest BCUT2D eigenvalue weighted by atomic mass is 16.5. The average molecular weight is 362 g/mol. The van der Waals surface area contributed by atoms with Gasteiger partial charge in [-0.15, -0.1) is 0 Å². The highest BCUT2D eigenvalue weighted by molar-refractivity contribution is 6.03. The van der Waals surface area contributed by atoms with Crippen molar-refractivity contribution in [3.63, 3.8) is 0 Å². The molecule has 3 rings (SSSR count). The van der Waals surface area contributed by atoms with Crippen LogP contribution in [-0.4, -0.2) is 22.0 Å². The number of nitrogens with zero attached hydrogens (tertiary/aromatic N) is 2. The van der Waals surface area contributed by atoms with Crippen LogP contribution in [-0.2, 0) is 17.9 Å². The van der Waals surface area contributed by atoms with Crippen LogP contribution < -0.4 is 10.6 Å². The smallest absolute Gasteiger partial charge is 0.407 e. The van der Waals surface area contributed by atoms with Crippen LogP contribution in [0.25, 0.3) is 0 Å². The van der Waals surface area contributed by atoms with E-state index in [2.05, 4.69) is 20.6 Å². The van der Waals surface area contributed by atoms with Crippen LogP contribution in [0.15, 0.2) is 73.2 Å². The minimum atomic E-state index is -0.518. The predicted molar refractivity (Wildman–Crippen MR) is 99.9 cm³/mol. The molecule has 136 valence electrons. The fourth-order valence-corrected chi connectivity index (χ4v) is 2.26. The lowest BCUT2D eigenvalue weighted by atomic mass is 10.1. The highest BCUT2D eigenvalue weighted by Gasteiger charge is 2.07. The van der Waals surface area contributed by atoms with Crippen molar-refractivity contribution in [1.29, 1.82) is 0 Å². The van der Waals surface area contributed by atoms with Gasteiger partial charge in [0.15, 0.2) is 0 Å². The summed E-state index contributed by atoms with van der Waals surface area (Å²) in [4.78, 5) is 31.9. The van der Waals surface area contributed by atoms with Gasteiger partial charge < -0.3 is 15.4 Å². The fourth-order valence-electron chi connectivity index (χ4n) is 2.26. The molecule has 0 atom stereocenters. The van der Waals surface area contributed by atoms with Crippen LogP contribution in [0.5, 0.6) is 0 Å². The molecule has 0 fully saturated rings. The standard InChI is InChI=1S/C20H18N4O3/c25-19(24-18-5-1-2-11-22-18)17-8-6-15(7-9-17)13-23-20(26)27-14-16-4-3-10-21-12-16/h1-12H,13-14H2,(H,23,26)(H,22,24,25). The van der Waals surface area contributed by atoms with Gasteiger partial charge in [0.2, 0.25) is 0 Å². The monoisotopic (exact) mass is 362 g/mol. The molecule has 0 spiro atoms. The molecular formula is C20H18N4O3. The SMILES string of the molecule is O=C(NCc1ccc(C(=O)Nc2ccccn2)cc1)OCc1cccnc1. The van der Waals surface area contributed by atoms with Gasteiger partial charge in [0.25, 0.3) is 5.91 Å². The maximum Gasteiger partial charge on any atom is 0.407 e. The van der Waals surface area contributed by atoms with E-state index < -0.39 is 6.09 Å². The van der Waals surface area contributed by atoms with Crippen LogP contribution >= 0.6 is 0 Å². The zero-order valence-corrected chi connectivity index (χ0v) is 14.5. The number of aromatic nitrogens is 2. The summed E-state index contributed by atoms with van der Waals surface area (Å²) in [6.45, 7) is 0.459. The number of hydrogen-bond donors (Lipinski definition) is 2. The van der Waals surface area contributed by atoms with E-state index in [1.54, 1.807) is 67.1 Å². The number of carbonyl (C=O) groups is 2. The first kappa shape index (κ1) is 18.1. The molecule has 2 heterocycles. The molecule has 0 bridgehead atoms. The number of carbonyl (C=O) groups excluding carboxylic acids is 2. The molecule has 0 aliphatic heterocycles. The second kappa shape index (κ2) is 9.10. The first-order chi connectivity index (χ1) is 13.2. The summed E-state index contributed by atoms with van der Waals surface area (Å²) < 4.78 is 5.12. The quantitative estimate of drug-likeness (QED) is 0.703.